The maximum absolute atomic E-state index is 5.91. The highest BCUT2D eigenvalue weighted by molar-refractivity contribution is 7.71. The summed E-state index contributed by atoms with van der Waals surface area (Å²) in [6.45, 7) is 7.68. The van der Waals surface area contributed by atoms with E-state index in [2.05, 4.69) is 76.4 Å². The van der Waals surface area contributed by atoms with Crippen molar-refractivity contribution < 1.29 is 0 Å². The van der Waals surface area contributed by atoms with Gasteiger partial charge in [-0.15, -0.1) is 0 Å². The van der Waals surface area contributed by atoms with Gasteiger partial charge in [-0.3, -0.25) is 9.47 Å². The van der Waals surface area contributed by atoms with Crippen LogP contribution in [0, 0.1) is 17.6 Å². The molecule has 0 atom stereocenters. The SMILES string of the molecule is Cc1cccc(-n2c(=S)n(CN3CCC(C)CC3)c3ccccc32)c1. The van der Waals surface area contributed by atoms with Crippen molar-refractivity contribution in [3.05, 3.63) is 58.9 Å². The van der Waals surface area contributed by atoms with E-state index in [-0.39, 0.29) is 0 Å². The largest absolute Gasteiger partial charge is 0.303 e. The van der Waals surface area contributed by atoms with Gasteiger partial charge in [0.25, 0.3) is 0 Å². The molecule has 0 amide bonds. The van der Waals surface area contributed by atoms with Gasteiger partial charge in [0.1, 0.15) is 0 Å². The van der Waals surface area contributed by atoms with E-state index in [4.69, 9.17) is 12.2 Å². The second-order valence-electron chi connectivity index (χ2n) is 7.32. The van der Waals surface area contributed by atoms with Crippen molar-refractivity contribution in [2.24, 2.45) is 5.92 Å². The van der Waals surface area contributed by atoms with Crippen LogP contribution in [-0.2, 0) is 6.67 Å². The van der Waals surface area contributed by atoms with Gasteiger partial charge in [-0.05, 0) is 67.7 Å². The van der Waals surface area contributed by atoms with Crippen molar-refractivity contribution in [3.63, 3.8) is 0 Å². The van der Waals surface area contributed by atoms with Crippen LogP contribution < -0.4 is 0 Å². The van der Waals surface area contributed by atoms with Gasteiger partial charge < -0.3 is 4.57 Å². The molecule has 2 heterocycles. The highest BCUT2D eigenvalue weighted by Gasteiger charge is 2.18. The molecule has 3 aromatic rings. The Morgan fingerprint density at radius 2 is 1.72 bits per heavy atom. The first-order chi connectivity index (χ1) is 12.1. The van der Waals surface area contributed by atoms with E-state index in [1.165, 1.54) is 29.4 Å². The highest BCUT2D eigenvalue weighted by Crippen LogP contribution is 2.24. The second-order valence-corrected chi connectivity index (χ2v) is 7.68. The van der Waals surface area contributed by atoms with E-state index >= 15 is 0 Å². The van der Waals surface area contributed by atoms with Gasteiger partial charge >= 0.3 is 0 Å². The zero-order valence-electron chi connectivity index (χ0n) is 15.0. The van der Waals surface area contributed by atoms with Crippen LogP contribution in [0.2, 0.25) is 0 Å². The molecular weight excluding hydrogens is 326 g/mol. The Hall–Kier alpha value is -1.91. The predicted octanol–water partition coefficient (Wildman–Crippen LogP) is 5.16. The number of benzene rings is 2. The molecule has 4 heteroatoms. The summed E-state index contributed by atoms with van der Waals surface area (Å²) in [5.41, 5.74) is 4.80. The van der Waals surface area contributed by atoms with Crippen LogP contribution in [-0.4, -0.2) is 27.1 Å². The lowest BCUT2D eigenvalue weighted by Gasteiger charge is -2.30. The fraction of sp³-hybridized carbons (Fsp3) is 0.381. The molecule has 25 heavy (non-hydrogen) atoms. The maximum Gasteiger partial charge on any atom is 0.186 e. The number of hydrogen-bond acceptors (Lipinski definition) is 2. The maximum atomic E-state index is 5.91. The van der Waals surface area contributed by atoms with Crippen LogP contribution >= 0.6 is 12.2 Å². The normalized spacial score (nSPS) is 16.6. The highest BCUT2D eigenvalue weighted by atomic mass is 32.1. The molecular formula is C21H25N3S. The minimum atomic E-state index is 0.845. The van der Waals surface area contributed by atoms with Gasteiger partial charge in [-0.1, -0.05) is 31.2 Å². The molecule has 1 fully saturated rings. The average molecular weight is 352 g/mol. The molecule has 0 saturated carbocycles. The lowest BCUT2D eigenvalue weighted by atomic mass is 10.00. The van der Waals surface area contributed by atoms with Crippen LogP contribution in [0.4, 0.5) is 0 Å². The number of aromatic nitrogens is 2. The monoisotopic (exact) mass is 351 g/mol. The van der Waals surface area contributed by atoms with Crippen LogP contribution in [0.5, 0.6) is 0 Å². The smallest absolute Gasteiger partial charge is 0.186 e. The first-order valence-corrected chi connectivity index (χ1v) is 9.54. The summed E-state index contributed by atoms with van der Waals surface area (Å²) in [6, 6.07) is 17.1. The summed E-state index contributed by atoms with van der Waals surface area (Å²) in [5, 5.41) is 0. The molecule has 1 aliphatic rings. The van der Waals surface area contributed by atoms with E-state index < -0.39 is 0 Å². The first kappa shape index (κ1) is 16.6. The Morgan fingerprint density at radius 3 is 2.44 bits per heavy atom. The Kier molecular flexibility index (Phi) is 4.48. The molecule has 0 unspecified atom stereocenters. The van der Waals surface area contributed by atoms with Crippen molar-refractivity contribution in [1.82, 2.24) is 14.0 Å². The van der Waals surface area contributed by atoms with E-state index in [0.717, 1.165) is 36.1 Å². The molecule has 0 bridgehead atoms. The van der Waals surface area contributed by atoms with Crippen molar-refractivity contribution >= 4 is 23.3 Å². The third-order valence-corrected chi connectivity index (χ3v) is 5.72. The minimum Gasteiger partial charge on any atom is -0.303 e. The fourth-order valence-corrected chi connectivity index (χ4v) is 4.12. The molecule has 0 radical (unpaired) electrons. The molecule has 3 nitrogen and oxygen atoms in total. The third-order valence-electron chi connectivity index (χ3n) is 5.31. The summed E-state index contributed by atoms with van der Waals surface area (Å²) >= 11 is 5.91. The topological polar surface area (TPSA) is 13.1 Å². The summed E-state index contributed by atoms with van der Waals surface area (Å²) < 4.78 is 5.39. The number of likely N-dealkylation sites (tertiary alicyclic amines) is 1. The van der Waals surface area contributed by atoms with E-state index in [1.807, 2.05) is 0 Å². The fourth-order valence-electron chi connectivity index (χ4n) is 3.77. The molecule has 130 valence electrons. The Labute approximate surface area is 154 Å². The molecule has 0 spiro atoms. The lowest BCUT2D eigenvalue weighted by Crippen LogP contribution is -2.34. The third kappa shape index (κ3) is 3.16. The zero-order chi connectivity index (χ0) is 17.4. The number of piperidine rings is 1. The number of fused-ring (bicyclic) bond motifs is 1. The van der Waals surface area contributed by atoms with E-state index in [0.29, 0.717) is 0 Å². The number of aryl methyl sites for hydroxylation is 1. The summed E-state index contributed by atoms with van der Waals surface area (Å²) in [6.07, 6.45) is 2.56. The lowest BCUT2D eigenvalue weighted by molar-refractivity contribution is 0.155. The van der Waals surface area contributed by atoms with Crippen molar-refractivity contribution in [3.8, 4) is 5.69 Å². The Morgan fingerprint density at radius 1 is 1.00 bits per heavy atom. The molecule has 4 rings (SSSR count). The van der Waals surface area contributed by atoms with Crippen LogP contribution in [0.15, 0.2) is 48.5 Å². The standard InChI is InChI=1S/C21H25N3S/c1-16-10-12-22(13-11-16)15-23-19-8-3-4-9-20(19)24(21(23)25)18-7-5-6-17(2)14-18/h3-9,14,16H,10-13,15H2,1-2H3. The molecule has 2 aromatic carbocycles. The number of imidazole rings is 1. The van der Waals surface area contributed by atoms with Gasteiger partial charge in [-0.2, -0.15) is 0 Å². The number of hydrogen-bond donors (Lipinski definition) is 0. The summed E-state index contributed by atoms with van der Waals surface area (Å²) in [4.78, 5) is 2.53. The van der Waals surface area contributed by atoms with Gasteiger partial charge in [0.15, 0.2) is 4.77 Å². The van der Waals surface area contributed by atoms with Gasteiger partial charge in [0.05, 0.1) is 17.7 Å². The number of nitrogens with zero attached hydrogens (tertiary/aromatic N) is 3. The Bertz CT molecular complexity index is 945. The molecule has 0 aliphatic carbocycles. The molecule has 1 aliphatic heterocycles. The van der Waals surface area contributed by atoms with Crippen molar-refractivity contribution in [2.45, 2.75) is 33.4 Å². The van der Waals surface area contributed by atoms with Crippen LogP contribution in [0.3, 0.4) is 0 Å². The first-order valence-electron chi connectivity index (χ1n) is 9.13. The predicted molar refractivity (Wildman–Crippen MR) is 107 cm³/mol. The molecule has 1 saturated heterocycles. The van der Waals surface area contributed by atoms with E-state index in [1.54, 1.807) is 0 Å². The minimum absolute atomic E-state index is 0.845. The number of rotatable bonds is 3. The van der Waals surface area contributed by atoms with E-state index in [9.17, 15) is 0 Å². The van der Waals surface area contributed by atoms with Crippen molar-refractivity contribution in [2.75, 3.05) is 13.1 Å². The molecule has 0 N–H and O–H groups in total. The van der Waals surface area contributed by atoms with Gasteiger partial charge in [0, 0.05) is 18.8 Å². The van der Waals surface area contributed by atoms with Crippen molar-refractivity contribution in [1.29, 1.82) is 0 Å². The average Bonchev–Trinajstić information content (AvgIpc) is 2.89. The molecule has 1 aromatic heterocycles. The number of para-hydroxylation sites is 2. The zero-order valence-corrected chi connectivity index (χ0v) is 15.8. The van der Waals surface area contributed by atoms with Crippen LogP contribution in [0.1, 0.15) is 25.3 Å². The summed E-state index contributed by atoms with van der Waals surface area (Å²) in [7, 11) is 0. The summed E-state index contributed by atoms with van der Waals surface area (Å²) in [5.74, 6) is 0.845. The Balaban J connectivity index is 1.80. The second kappa shape index (κ2) is 6.77. The van der Waals surface area contributed by atoms with Gasteiger partial charge in [0.2, 0.25) is 0 Å². The quantitative estimate of drug-likeness (QED) is 0.605. The van der Waals surface area contributed by atoms with Gasteiger partial charge in [-0.25, -0.2) is 0 Å². The van der Waals surface area contributed by atoms with Crippen LogP contribution in [0.25, 0.3) is 16.7 Å².